The van der Waals surface area contributed by atoms with Gasteiger partial charge in [0.25, 0.3) is 0 Å². The van der Waals surface area contributed by atoms with Crippen molar-refractivity contribution in [1.82, 2.24) is 19.9 Å². The molecule has 0 fully saturated rings. The van der Waals surface area contributed by atoms with Gasteiger partial charge in [-0.1, -0.05) is 97.1 Å². The smallest absolute Gasteiger partial charge is 0.227 e. The van der Waals surface area contributed by atoms with Crippen molar-refractivity contribution in [1.29, 1.82) is 0 Å². The molecule has 0 atom stereocenters. The minimum absolute atomic E-state index is 0.579. The van der Waals surface area contributed by atoms with E-state index < -0.39 is 0 Å². The van der Waals surface area contributed by atoms with Gasteiger partial charge in [-0.25, -0.2) is 19.9 Å². The van der Waals surface area contributed by atoms with Crippen LogP contribution in [-0.2, 0) is 0 Å². The molecule has 7 aromatic carbocycles. The summed E-state index contributed by atoms with van der Waals surface area (Å²) in [6.45, 7) is 0. The quantitative estimate of drug-likeness (QED) is 0.183. The highest BCUT2D eigenvalue weighted by atomic mass is 16.4. The van der Waals surface area contributed by atoms with E-state index in [0.717, 1.165) is 65.9 Å². The molecule has 0 radical (unpaired) electrons. The molecule has 48 heavy (non-hydrogen) atoms. The lowest BCUT2D eigenvalue weighted by Crippen LogP contribution is -2.00. The van der Waals surface area contributed by atoms with Crippen molar-refractivity contribution < 1.29 is 8.83 Å². The van der Waals surface area contributed by atoms with Gasteiger partial charge in [0.1, 0.15) is 16.7 Å². The van der Waals surface area contributed by atoms with Gasteiger partial charge >= 0.3 is 0 Å². The predicted octanol–water partition coefficient (Wildman–Crippen LogP) is 10.9. The maximum Gasteiger partial charge on any atom is 0.227 e. The van der Waals surface area contributed by atoms with Crippen LogP contribution in [0.15, 0.2) is 154 Å². The minimum atomic E-state index is 0.579. The van der Waals surface area contributed by atoms with Crippen molar-refractivity contribution in [2.24, 2.45) is 0 Å². The second-order valence-corrected chi connectivity index (χ2v) is 11.9. The lowest BCUT2D eigenvalue weighted by Gasteiger charge is -2.12. The summed E-state index contributed by atoms with van der Waals surface area (Å²) in [5.74, 6) is 2.40. The molecule has 0 unspecified atom stereocenters. The average Bonchev–Trinajstić information content (AvgIpc) is 3.74. The molecule has 6 heteroatoms. The molecule has 6 nitrogen and oxygen atoms in total. The van der Waals surface area contributed by atoms with Crippen LogP contribution in [0.5, 0.6) is 0 Å². The van der Waals surface area contributed by atoms with Crippen LogP contribution < -0.4 is 0 Å². The van der Waals surface area contributed by atoms with Crippen LogP contribution in [-0.4, -0.2) is 19.9 Å². The maximum absolute atomic E-state index is 6.31. The van der Waals surface area contributed by atoms with Crippen LogP contribution in [0.25, 0.3) is 100 Å². The molecule has 3 heterocycles. The summed E-state index contributed by atoms with van der Waals surface area (Å²) in [7, 11) is 0. The molecule has 0 aliphatic heterocycles. The Labute approximate surface area is 274 Å². The Morgan fingerprint density at radius 1 is 0.354 bits per heavy atom. The lowest BCUT2D eigenvalue weighted by molar-refractivity contribution is 0.620. The molecule has 0 aliphatic rings. The number of aromatic nitrogens is 4. The summed E-state index contributed by atoms with van der Waals surface area (Å²) < 4.78 is 12.5. The van der Waals surface area contributed by atoms with Gasteiger partial charge in [-0.3, -0.25) is 0 Å². The van der Waals surface area contributed by atoms with Crippen molar-refractivity contribution in [2.45, 2.75) is 0 Å². The topological polar surface area (TPSA) is 77.8 Å². The van der Waals surface area contributed by atoms with Crippen LogP contribution >= 0.6 is 0 Å². The Morgan fingerprint density at radius 2 is 1.00 bits per heavy atom. The highest BCUT2D eigenvalue weighted by molar-refractivity contribution is 6.13. The van der Waals surface area contributed by atoms with Gasteiger partial charge in [0.2, 0.25) is 5.89 Å². The van der Waals surface area contributed by atoms with Gasteiger partial charge in [0.15, 0.2) is 23.1 Å². The molecule has 10 rings (SSSR count). The number of oxazole rings is 1. The summed E-state index contributed by atoms with van der Waals surface area (Å²) in [5.41, 5.74) is 6.63. The van der Waals surface area contributed by atoms with Gasteiger partial charge < -0.3 is 8.83 Å². The number of benzene rings is 7. The van der Waals surface area contributed by atoms with Crippen molar-refractivity contribution >= 4 is 54.6 Å². The number of fused-ring (bicyclic) bond motifs is 7. The second kappa shape index (κ2) is 10.4. The molecule has 0 amide bonds. The Hall–Kier alpha value is -6.66. The van der Waals surface area contributed by atoms with Crippen LogP contribution in [0.3, 0.4) is 0 Å². The zero-order valence-corrected chi connectivity index (χ0v) is 25.5. The number of hydrogen-bond acceptors (Lipinski definition) is 6. The fourth-order valence-electron chi connectivity index (χ4n) is 6.62. The third kappa shape index (κ3) is 4.27. The van der Waals surface area contributed by atoms with Crippen molar-refractivity contribution in [3.05, 3.63) is 146 Å². The van der Waals surface area contributed by atoms with E-state index in [2.05, 4.69) is 60.7 Å². The molecule has 0 N–H and O–H groups in total. The Kier molecular flexibility index (Phi) is 5.77. The van der Waals surface area contributed by atoms with Crippen LogP contribution in [0.4, 0.5) is 0 Å². The first kappa shape index (κ1) is 26.5. The molecule has 0 aliphatic carbocycles. The van der Waals surface area contributed by atoms with E-state index in [1.807, 2.05) is 84.9 Å². The first-order valence-electron chi connectivity index (χ1n) is 15.8. The summed E-state index contributed by atoms with van der Waals surface area (Å²) in [5, 5.41) is 6.47. The second-order valence-electron chi connectivity index (χ2n) is 11.9. The van der Waals surface area contributed by atoms with E-state index >= 15 is 0 Å². The summed E-state index contributed by atoms with van der Waals surface area (Å²) in [6.07, 6.45) is 0. The number of nitrogens with zero attached hydrogens (tertiary/aromatic N) is 4. The predicted molar refractivity (Wildman–Crippen MR) is 191 cm³/mol. The third-order valence-corrected chi connectivity index (χ3v) is 8.93. The maximum atomic E-state index is 6.31. The SMILES string of the molecule is c1ccc(-c2nc(-c3ccc4oc5cc6nc(-c7ccccc7)oc6cc5c4c3)nc(-c3cc4ccccc4c4ccccc34)n2)cc1. The van der Waals surface area contributed by atoms with E-state index in [0.29, 0.717) is 28.9 Å². The van der Waals surface area contributed by atoms with Crippen molar-refractivity contribution in [2.75, 3.05) is 0 Å². The van der Waals surface area contributed by atoms with E-state index in [9.17, 15) is 0 Å². The number of hydrogen-bond donors (Lipinski definition) is 0. The monoisotopic (exact) mass is 616 g/mol. The van der Waals surface area contributed by atoms with E-state index in [1.54, 1.807) is 0 Å². The molecule has 0 bridgehead atoms. The first-order chi connectivity index (χ1) is 23.7. The van der Waals surface area contributed by atoms with Gasteiger partial charge in [0, 0.05) is 39.1 Å². The molecule has 3 aromatic heterocycles. The zero-order valence-electron chi connectivity index (χ0n) is 25.5. The lowest BCUT2D eigenvalue weighted by atomic mass is 9.97. The van der Waals surface area contributed by atoms with Gasteiger partial charge in [0.05, 0.1) is 0 Å². The first-order valence-corrected chi connectivity index (χ1v) is 15.8. The minimum Gasteiger partial charge on any atom is -0.456 e. The molecular weight excluding hydrogens is 592 g/mol. The van der Waals surface area contributed by atoms with E-state index in [4.69, 9.17) is 28.8 Å². The van der Waals surface area contributed by atoms with Crippen LogP contribution in [0.1, 0.15) is 0 Å². The number of furan rings is 1. The molecule has 0 spiro atoms. The zero-order chi connectivity index (χ0) is 31.6. The molecular formula is C42H24N4O2. The molecule has 224 valence electrons. The summed E-state index contributed by atoms with van der Waals surface area (Å²) in [4.78, 5) is 19.9. The fraction of sp³-hybridized carbons (Fsp3) is 0. The Balaban J connectivity index is 1.18. The fourth-order valence-corrected chi connectivity index (χ4v) is 6.62. The van der Waals surface area contributed by atoms with E-state index in [1.165, 1.54) is 5.39 Å². The molecule has 10 aromatic rings. The van der Waals surface area contributed by atoms with Gasteiger partial charge in [-0.15, -0.1) is 0 Å². The van der Waals surface area contributed by atoms with Crippen LogP contribution in [0, 0.1) is 0 Å². The van der Waals surface area contributed by atoms with Crippen LogP contribution in [0.2, 0.25) is 0 Å². The Morgan fingerprint density at radius 3 is 1.81 bits per heavy atom. The largest absolute Gasteiger partial charge is 0.456 e. The Bertz CT molecular complexity index is 2840. The summed E-state index contributed by atoms with van der Waals surface area (Å²) >= 11 is 0. The molecule has 0 saturated heterocycles. The third-order valence-electron chi connectivity index (χ3n) is 8.93. The van der Waals surface area contributed by atoms with E-state index in [-0.39, 0.29) is 0 Å². The number of rotatable bonds is 4. The van der Waals surface area contributed by atoms with Crippen molar-refractivity contribution in [3.8, 4) is 45.6 Å². The van der Waals surface area contributed by atoms with Gasteiger partial charge in [-0.2, -0.15) is 0 Å². The highest BCUT2D eigenvalue weighted by Gasteiger charge is 2.18. The standard InChI is InChI=1S/C42H24N4O2/c1-3-11-25(12-4-1)39-44-40(46-41(45-39)34-21-27-15-7-8-16-29(27)30-17-9-10-18-31(30)34)28-19-20-36-32(22-28)33-23-38-35(24-37(33)47-36)43-42(48-38)26-13-5-2-6-14-26/h1-24H. The van der Waals surface area contributed by atoms with Gasteiger partial charge in [-0.05, 0) is 64.0 Å². The summed E-state index contributed by atoms with van der Waals surface area (Å²) in [6, 6.07) is 49.1. The van der Waals surface area contributed by atoms with Crippen molar-refractivity contribution in [3.63, 3.8) is 0 Å². The highest BCUT2D eigenvalue weighted by Crippen LogP contribution is 2.38. The molecule has 0 saturated carbocycles. The normalized spacial score (nSPS) is 11.8. The average molecular weight is 617 g/mol.